The van der Waals surface area contributed by atoms with E-state index in [-0.39, 0.29) is 0 Å². The standard InChI is InChI=1S/C11H11FN2O/c1-14(4-2-3-13)11-6-9(8-15)5-10(12)7-11/h5-8H,2,4H2,1H3. The lowest BCUT2D eigenvalue weighted by molar-refractivity contribution is 0.112. The number of rotatable bonds is 4. The molecule has 0 amide bonds. The monoisotopic (exact) mass is 206 g/mol. The SMILES string of the molecule is CN(CCC#N)c1cc(F)cc(C=O)c1. The zero-order chi connectivity index (χ0) is 11.3. The number of benzene rings is 1. The molecule has 0 aliphatic carbocycles. The van der Waals surface area contributed by atoms with Crippen LogP contribution in [0, 0.1) is 17.1 Å². The van der Waals surface area contributed by atoms with E-state index in [1.165, 1.54) is 12.1 Å². The molecule has 3 nitrogen and oxygen atoms in total. The second-order valence-corrected chi connectivity index (χ2v) is 3.19. The van der Waals surface area contributed by atoms with Gasteiger partial charge in [0, 0.05) is 24.8 Å². The summed E-state index contributed by atoms with van der Waals surface area (Å²) in [5.41, 5.74) is 0.904. The molecule has 0 atom stereocenters. The van der Waals surface area contributed by atoms with E-state index in [1.807, 2.05) is 6.07 Å². The molecular weight excluding hydrogens is 195 g/mol. The van der Waals surface area contributed by atoms with Crippen molar-refractivity contribution in [1.29, 1.82) is 5.26 Å². The van der Waals surface area contributed by atoms with Gasteiger partial charge in [-0.15, -0.1) is 0 Å². The van der Waals surface area contributed by atoms with E-state index in [2.05, 4.69) is 0 Å². The maximum atomic E-state index is 13.0. The number of halogens is 1. The summed E-state index contributed by atoms with van der Waals surface area (Å²) in [6.07, 6.45) is 0.966. The van der Waals surface area contributed by atoms with Crippen molar-refractivity contribution in [3.63, 3.8) is 0 Å². The van der Waals surface area contributed by atoms with E-state index in [1.54, 1.807) is 18.0 Å². The number of aldehydes is 1. The number of nitriles is 1. The quantitative estimate of drug-likeness (QED) is 0.707. The molecule has 0 aliphatic rings. The van der Waals surface area contributed by atoms with Crippen LogP contribution in [0.3, 0.4) is 0 Å². The average molecular weight is 206 g/mol. The molecule has 0 radical (unpaired) electrons. The van der Waals surface area contributed by atoms with Crippen molar-refractivity contribution in [2.75, 3.05) is 18.5 Å². The van der Waals surface area contributed by atoms with Gasteiger partial charge in [-0.05, 0) is 18.2 Å². The van der Waals surface area contributed by atoms with Crippen LogP contribution >= 0.6 is 0 Å². The highest BCUT2D eigenvalue weighted by atomic mass is 19.1. The highest BCUT2D eigenvalue weighted by molar-refractivity contribution is 5.77. The Kier molecular flexibility index (Phi) is 3.81. The normalized spacial score (nSPS) is 9.40. The third-order valence-electron chi connectivity index (χ3n) is 2.04. The molecule has 0 saturated carbocycles. The summed E-state index contributed by atoms with van der Waals surface area (Å²) < 4.78 is 13.0. The van der Waals surface area contributed by atoms with Gasteiger partial charge in [-0.2, -0.15) is 5.26 Å². The smallest absolute Gasteiger partial charge is 0.150 e. The molecule has 15 heavy (non-hydrogen) atoms. The lowest BCUT2D eigenvalue weighted by Crippen LogP contribution is -2.18. The predicted molar refractivity (Wildman–Crippen MR) is 55.3 cm³/mol. The Morgan fingerprint density at radius 2 is 2.27 bits per heavy atom. The first-order chi connectivity index (χ1) is 7.17. The Hall–Kier alpha value is -1.89. The number of anilines is 1. The molecule has 0 N–H and O–H groups in total. The number of hydrogen-bond donors (Lipinski definition) is 0. The lowest BCUT2D eigenvalue weighted by atomic mass is 10.2. The molecule has 4 heteroatoms. The van der Waals surface area contributed by atoms with Crippen molar-refractivity contribution in [1.82, 2.24) is 0 Å². The fourth-order valence-corrected chi connectivity index (χ4v) is 1.23. The zero-order valence-corrected chi connectivity index (χ0v) is 8.40. The average Bonchev–Trinajstić information content (AvgIpc) is 2.24. The first-order valence-electron chi connectivity index (χ1n) is 4.51. The molecule has 0 spiro atoms. The van der Waals surface area contributed by atoms with Gasteiger partial charge in [0.15, 0.2) is 0 Å². The highest BCUT2D eigenvalue weighted by Crippen LogP contribution is 2.16. The van der Waals surface area contributed by atoms with Gasteiger partial charge in [0.05, 0.1) is 12.5 Å². The number of carbonyl (C=O) groups is 1. The van der Waals surface area contributed by atoms with Gasteiger partial charge in [0.25, 0.3) is 0 Å². The van der Waals surface area contributed by atoms with Crippen molar-refractivity contribution in [3.05, 3.63) is 29.6 Å². The third-order valence-corrected chi connectivity index (χ3v) is 2.04. The number of hydrogen-bond acceptors (Lipinski definition) is 3. The van der Waals surface area contributed by atoms with Crippen LogP contribution < -0.4 is 4.90 Å². The first-order valence-corrected chi connectivity index (χ1v) is 4.51. The largest absolute Gasteiger partial charge is 0.373 e. The Balaban J connectivity index is 2.89. The van der Waals surface area contributed by atoms with Gasteiger partial charge in [0.2, 0.25) is 0 Å². The molecule has 78 valence electrons. The fraction of sp³-hybridized carbons (Fsp3) is 0.273. The van der Waals surface area contributed by atoms with Gasteiger partial charge < -0.3 is 4.90 Å². The maximum absolute atomic E-state index is 13.0. The molecule has 1 rings (SSSR count). The molecule has 0 aromatic heterocycles. The van der Waals surface area contributed by atoms with Gasteiger partial charge in [-0.25, -0.2) is 4.39 Å². The highest BCUT2D eigenvalue weighted by Gasteiger charge is 2.04. The molecule has 0 bridgehead atoms. The number of carbonyl (C=O) groups excluding carboxylic acids is 1. The Morgan fingerprint density at radius 1 is 1.53 bits per heavy atom. The summed E-state index contributed by atoms with van der Waals surface area (Å²) in [4.78, 5) is 12.2. The van der Waals surface area contributed by atoms with Crippen molar-refractivity contribution < 1.29 is 9.18 Å². The zero-order valence-electron chi connectivity index (χ0n) is 8.40. The van der Waals surface area contributed by atoms with E-state index in [4.69, 9.17) is 5.26 Å². The van der Waals surface area contributed by atoms with Crippen LogP contribution in [0.15, 0.2) is 18.2 Å². The molecule has 0 unspecified atom stereocenters. The van der Waals surface area contributed by atoms with Gasteiger partial charge in [0.1, 0.15) is 12.1 Å². The van der Waals surface area contributed by atoms with Crippen molar-refractivity contribution in [3.8, 4) is 6.07 Å². The van der Waals surface area contributed by atoms with Gasteiger partial charge >= 0.3 is 0 Å². The van der Waals surface area contributed by atoms with Crippen molar-refractivity contribution >= 4 is 12.0 Å². The molecule has 1 aromatic rings. The summed E-state index contributed by atoms with van der Waals surface area (Å²) in [5, 5.41) is 8.41. The van der Waals surface area contributed by atoms with Crippen LogP contribution in [0.5, 0.6) is 0 Å². The van der Waals surface area contributed by atoms with Crippen LogP contribution in [-0.4, -0.2) is 19.9 Å². The molecular formula is C11H11FN2O. The predicted octanol–water partition coefficient (Wildman–Crippen LogP) is 1.99. The lowest BCUT2D eigenvalue weighted by Gasteiger charge is -2.17. The maximum Gasteiger partial charge on any atom is 0.150 e. The number of nitrogens with zero attached hydrogens (tertiary/aromatic N) is 2. The minimum Gasteiger partial charge on any atom is -0.373 e. The van der Waals surface area contributed by atoms with E-state index in [0.717, 1.165) is 0 Å². The molecule has 0 saturated heterocycles. The summed E-state index contributed by atoms with van der Waals surface area (Å²) in [6, 6.07) is 6.11. The van der Waals surface area contributed by atoms with Crippen LogP contribution in [0.25, 0.3) is 0 Å². The Labute approximate surface area is 87.7 Å². The van der Waals surface area contributed by atoms with Crippen LogP contribution in [0.1, 0.15) is 16.8 Å². The summed E-state index contributed by atoms with van der Waals surface area (Å²) in [7, 11) is 1.75. The van der Waals surface area contributed by atoms with Gasteiger partial charge in [-0.1, -0.05) is 0 Å². The minimum absolute atomic E-state index is 0.300. The Bertz CT molecular complexity index is 398. The van der Waals surface area contributed by atoms with Crippen LogP contribution in [0.4, 0.5) is 10.1 Å². The topological polar surface area (TPSA) is 44.1 Å². The van der Waals surface area contributed by atoms with Crippen molar-refractivity contribution in [2.45, 2.75) is 6.42 Å². The summed E-state index contributed by atoms with van der Waals surface area (Å²) >= 11 is 0. The minimum atomic E-state index is -0.446. The third kappa shape index (κ3) is 3.06. The summed E-state index contributed by atoms with van der Waals surface area (Å²) in [6.45, 7) is 0.512. The molecule has 0 aliphatic heterocycles. The van der Waals surface area contributed by atoms with Crippen LogP contribution in [-0.2, 0) is 0 Å². The first kappa shape index (κ1) is 11.2. The molecule has 0 heterocycles. The van der Waals surface area contributed by atoms with Crippen LogP contribution in [0.2, 0.25) is 0 Å². The van der Waals surface area contributed by atoms with E-state index >= 15 is 0 Å². The van der Waals surface area contributed by atoms with Crippen molar-refractivity contribution in [2.24, 2.45) is 0 Å². The fourth-order valence-electron chi connectivity index (χ4n) is 1.23. The molecule has 0 fully saturated rings. The Morgan fingerprint density at radius 3 is 2.87 bits per heavy atom. The van der Waals surface area contributed by atoms with E-state index in [0.29, 0.717) is 30.5 Å². The molecule has 1 aromatic carbocycles. The van der Waals surface area contributed by atoms with Gasteiger partial charge in [-0.3, -0.25) is 4.79 Å². The second kappa shape index (κ2) is 5.11. The summed E-state index contributed by atoms with van der Waals surface area (Å²) in [5.74, 6) is -0.446. The second-order valence-electron chi connectivity index (χ2n) is 3.19. The van der Waals surface area contributed by atoms with E-state index in [9.17, 15) is 9.18 Å². The van der Waals surface area contributed by atoms with E-state index < -0.39 is 5.82 Å².